The molecule has 2 atom stereocenters. The molecule has 1 rings (SSSR count). The van der Waals surface area contributed by atoms with Crippen molar-refractivity contribution in [2.75, 3.05) is 13.7 Å². The number of hydrogen-bond donors (Lipinski definition) is 0. The van der Waals surface area contributed by atoms with Gasteiger partial charge in [0.2, 0.25) is 0 Å². The lowest BCUT2D eigenvalue weighted by Gasteiger charge is -2.33. The summed E-state index contributed by atoms with van der Waals surface area (Å²) in [4.78, 5) is 1.85. The zero-order valence-corrected chi connectivity index (χ0v) is 8.30. The fourth-order valence-corrected chi connectivity index (χ4v) is 1.66. The van der Waals surface area contributed by atoms with Crippen molar-refractivity contribution in [3.63, 3.8) is 0 Å². The number of alkyl halides is 1. The predicted molar refractivity (Wildman–Crippen MR) is 46.8 cm³/mol. The molecule has 0 aromatic heterocycles. The Morgan fingerprint density at radius 3 is 2.25 bits per heavy atom. The lowest BCUT2D eigenvalue weighted by Crippen LogP contribution is -2.45. The number of likely N-dealkylation sites (tertiary alicyclic amines) is 1. The van der Waals surface area contributed by atoms with Crippen LogP contribution in [0.3, 0.4) is 0 Å². The number of rotatable bonds is 1. The third-order valence-electron chi connectivity index (χ3n) is 2.42. The smallest absolute Gasteiger partial charge is 0.180 e. The largest absolute Gasteiger partial charge is 0.377 e. The van der Waals surface area contributed by atoms with Crippen molar-refractivity contribution in [2.24, 2.45) is 0 Å². The molecule has 0 aliphatic carbocycles. The van der Waals surface area contributed by atoms with E-state index in [0.29, 0.717) is 0 Å². The molecule has 0 saturated carbocycles. The van der Waals surface area contributed by atoms with Crippen LogP contribution in [0.4, 0.5) is 4.39 Å². The summed E-state index contributed by atoms with van der Waals surface area (Å²) in [7, 11) is 1.57. The molecular formula is C9H18FNO. The molecule has 1 aliphatic rings. The molecule has 72 valence electrons. The average molecular weight is 175 g/mol. The maximum atomic E-state index is 13.5. The maximum absolute atomic E-state index is 13.5. The van der Waals surface area contributed by atoms with Gasteiger partial charge in [0, 0.05) is 19.2 Å². The second kappa shape index (κ2) is 3.30. The van der Waals surface area contributed by atoms with Crippen molar-refractivity contribution in [1.29, 1.82) is 0 Å². The van der Waals surface area contributed by atoms with Crippen molar-refractivity contribution in [1.82, 2.24) is 4.90 Å². The summed E-state index contributed by atoms with van der Waals surface area (Å²) in [6, 6.07) is 0. The predicted octanol–water partition coefficient (Wildman–Crippen LogP) is 1.80. The molecule has 0 N–H and O–H groups in total. The van der Waals surface area contributed by atoms with E-state index in [2.05, 4.69) is 0 Å². The highest BCUT2D eigenvalue weighted by Gasteiger charge is 2.39. The number of halogens is 1. The summed E-state index contributed by atoms with van der Waals surface area (Å²) < 4.78 is 18.6. The van der Waals surface area contributed by atoms with E-state index in [-0.39, 0.29) is 11.6 Å². The molecule has 0 bridgehead atoms. The van der Waals surface area contributed by atoms with E-state index in [1.807, 2.05) is 25.7 Å². The molecular weight excluding hydrogens is 157 g/mol. The Morgan fingerprint density at radius 1 is 1.42 bits per heavy atom. The first-order chi connectivity index (χ1) is 5.46. The first kappa shape index (κ1) is 9.93. The number of ether oxygens (including phenoxy) is 1. The minimum atomic E-state index is -0.935. The van der Waals surface area contributed by atoms with E-state index in [9.17, 15) is 4.39 Å². The topological polar surface area (TPSA) is 12.5 Å². The second-order valence-electron chi connectivity index (χ2n) is 4.30. The summed E-state index contributed by atoms with van der Waals surface area (Å²) in [5.41, 5.74) is -0.0906. The number of hydrogen-bond acceptors (Lipinski definition) is 2. The molecule has 1 aliphatic heterocycles. The van der Waals surface area contributed by atoms with E-state index in [1.54, 1.807) is 7.11 Å². The minimum Gasteiger partial charge on any atom is -0.377 e. The average Bonchev–Trinajstić information content (AvgIpc) is 2.29. The van der Waals surface area contributed by atoms with Gasteiger partial charge in [-0.05, 0) is 27.2 Å². The van der Waals surface area contributed by atoms with Crippen LogP contribution in [0.1, 0.15) is 27.2 Å². The van der Waals surface area contributed by atoms with Gasteiger partial charge in [-0.2, -0.15) is 0 Å². The molecule has 0 spiro atoms. The van der Waals surface area contributed by atoms with Crippen LogP contribution in [-0.2, 0) is 4.74 Å². The van der Waals surface area contributed by atoms with Crippen molar-refractivity contribution in [3.8, 4) is 0 Å². The highest BCUT2D eigenvalue weighted by Crippen LogP contribution is 2.28. The molecule has 3 heteroatoms. The van der Waals surface area contributed by atoms with Gasteiger partial charge >= 0.3 is 0 Å². The third kappa shape index (κ3) is 1.77. The van der Waals surface area contributed by atoms with Crippen LogP contribution < -0.4 is 0 Å². The Labute approximate surface area is 73.7 Å². The quantitative estimate of drug-likeness (QED) is 0.563. The molecule has 0 aromatic carbocycles. The monoisotopic (exact) mass is 175 g/mol. The molecule has 0 aromatic rings. The SMILES string of the molecule is COC1CCN(C(C)(C)C)[C@H]1F. The summed E-state index contributed by atoms with van der Waals surface area (Å²) in [6.45, 7) is 6.87. The molecule has 2 nitrogen and oxygen atoms in total. The molecule has 1 heterocycles. The standard InChI is InChI=1S/C9H18FNO/c1-9(2,3)11-6-5-7(12-4)8(11)10/h7-8H,5-6H2,1-4H3/t7?,8-/m1/s1. The van der Waals surface area contributed by atoms with E-state index in [1.165, 1.54) is 0 Å². The van der Waals surface area contributed by atoms with Crippen molar-refractivity contribution in [3.05, 3.63) is 0 Å². The van der Waals surface area contributed by atoms with Gasteiger partial charge in [-0.1, -0.05) is 0 Å². The molecule has 12 heavy (non-hydrogen) atoms. The number of methoxy groups -OCH3 is 1. The fourth-order valence-electron chi connectivity index (χ4n) is 1.66. The Balaban J connectivity index is 2.61. The lowest BCUT2D eigenvalue weighted by atomic mass is 10.1. The van der Waals surface area contributed by atoms with E-state index >= 15 is 0 Å². The van der Waals surface area contributed by atoms with Crippen LogP contribution in [0, 0.1) is 0 Å². The van der Waals surface area contributed by atoms with Crippen LogP contribution in [0.5, 0.6) is 0 Å². The lowest BCUT2D eigenvalue weighted by molar-refractivity contribution is -0.0318. The Hall–Kier alpha value is -0.150. The second-order valence-corrected chi connectivity index (χ2v) is 4.30. The summed E-state index contributed by atoms with van der Waals surface area (Å²) in [5.74, 6) is 0. The molecule has 0 radical (unpaired) electrons. The maximum Gasteiger partial charge on any atom is 0.180 e. The Bertz CT molecular complexity index is 155. The first-order valence-electron chi connectivity index (χ1n) is 4.40. The van der Waals surface area contributed by atoms with Crippen LogP contribution >= 0.6 is 0 Å². The fraction of sp³-hybridized carbons (Fsp3) is 1.00. The van der Waals surface area contributed by atoms with Crippen molar-refractivity contribution < 1.29 is 9.13 Å². The summed E-state index contributed by atoms with van der Waals surface area (Å²) in [5, 5.41) is 0. The van der Waals surface area contributed by atoms with Crippen LogP contribution in [0.2, 0.25) is 0 Å². The van der Waals surface area contributed by atoms with Crippen LogP contribution in [0.25, 0.3) is 0 Å². The van der Waals surface area contributed by atoms with Gasteiger partial charge in [-0.3, -0.25) is 4.90 Å². The van der Waals surface area contributed by atoms with Crippen molar-refractivity contribution in [2.45, 2.75) is 45.1 Å². The van der Waals surface area contributed by atoms with Gasteiger partial charge in [-0.15, -0.1) is 0 Å². The van der Waals surface area contributed by atoms with E-state index in [0.717, 1.165) is 13.0 Å². The zero-order chi connectivity index (χ0) is 9.35. The Morgan fingerprint density at radius 2 is 2.00 bits per heavy atom. The van der Waals surface area contributed by atoms with Crippen LogP contribution in [0.15, 0.2) is 0 Å². The van der Waals surface area contributed by atoms with Crippen molar-refractivity contribution >= 4 is 0 Å². The normalized spacial score (nSPS) is 32.8. The Kier molecular flexibility index (Phi) is 2.74. The van der Waals surface area contributed by atoms with Gasteiger partial charge in [0.05, 0.1) is 0 Å². The van der Waals surface area contributed by atoms with E-state index in [4.69, 9.17) is 4.74 Å². The molecule has 1 saturated heterocycles. The first-order valence-corrected chi connectivity index (χ1v) is 4.40. The highest BCUT2D eigenvalue weighted by atomic mass is 19.1. The van der Waals surface area contributed by atoms with Gasteiger partial charge in [-0.25, -0.2) is 4.39 Å². The van der Waals surface area contributed by atoms with Gasteiger partial charge < -0.3 is 4.74 Å². The molecule has 1 unspecified atom stereocenters. The van der Waals surface area contributed by atoms with E-state index < -0.39 is 6.30 Å². The summed E-state index contributed by atoms with van der Waals surface area (Å²) in [6.07, 6.45) is -0.367. The van der Waals surface area contributed by atoms with Gasteiger partial charge in [0.25, 0.3) is 0 Å². The van der Waals surface area contributed by atoms with Gasteiger partial charge in [0.15, 0.2) is 6.30 Å². The zero-order valence-electron chi connectivity index (χ0n) is 8.30. The minimum absolute atomic E-state index is 0.0906. The molecule has 1 fully saturated rings. The number of nitrogens with zero attached hydrogens (tertiary/aromatic N) is 1. The van der Waals surface area contributed by atoms with Gasteiger partial charge in [0.1, 0.15) is 6.10 Å². The highest BCUT2D eigenvalue weighted by molar-refractivity contribution is 4.88. The third-order valence-corrected chi connectivity index (χ3v) is 2.42. The summed E-state index contributed by atoms with van der Waals surface area (Å²) >= 11 is 0. The molecule has 0 amide bonds. The van der Waals surface area contributed by atoms with Crippen LogP contribution in [-0.4, -0.2) is 36.5 Å².